The number of amides is 1. The highest BCUT2D eigenvalue weighted by Gasteiger charge is 2.17. The van der Waals surface area contributed by atoms with E-state index in [4.69, 9.17) is 10.5 Å². The van der Waals surface area contributed by atoms with Crippen LogP contribution in [0.25, 0.3) is 0 Å². The third kappa shape index (κ3) is 8.44. The Morgan fingerprint density at radius 1 is 1.32 bits per heavy atom. The number of halogens is 2. The molecule has 0 aliphatic heterocycles. The van der Waals surface area contributed by atoms with Crippen molar-refractivity contribution in [2.45, 2.75) is 19.9 Å². The Hall–Kier alpha value is -1.01. The van der Waals surface area contributed by atoms with Crippen LogP contribution in [-0.4, -0.2) is 44.1 Å². The fourth-order valence-electron chi connectivity index (χ4n) is 1.54. The number of anilines is 1. The zero-order valence-electron chi connectivity index (χ0n) is 13.5. The Bertz CT molecular complexity index is 443. The Kier molecular flexibility index (Phi) is 12.2. The molecule has 0 spiro atoms. The molecule has 0 radical (unpaired) electrons. The van der Waals surface area contributed by atoms with Gasteiger partial charge in [0.25, 0.3) is 0 Å². The van der Waals surface area contributed by atoms with Crippen LogP contribution in [0, 0.1) is 5.92 Å². The molecule has 0 aromatic heterocycles. The topological polar surface area (TPSA) is 67.6 Å². The van der Waals surface area contributed by atoms with Crippen LogP contribution in [0.5, 0.6) is 5.75 Å². The SMILES string of the molecule is CC(C)[C@@H](N)C(=O)Nc1cccc(OCCN(C)C)c1.Cl.Cl. The number of likely N-dealkylation sites (N-methyl/N-ethyl adjacent to an activating group) is 1. The first-order valence-electron chi connectivity index (χ1n) is 6.84. The molecular formula is C15H27Cl2N3O2. The Morgan fingerprint density at radius 3 is 2.50 bits per heavy atom. The van der Waals surface area contributed by atoms with Crippen molar-refractivity contribution in [1.82, 2.24) is 4.90 Å². The maximum absolute atomic E-state index is 11.9. The first kappa shape index (κ1) is 23.3. The number of hydrogen-bond acceptors (Lipinski definition) is 4. The lowest BCUT2D eigenvalue weighted by Crippen LogP contribution is -2.39. The quantitative estimate of drug-likeness (QED) is 0.791. The molecule has 1 atom stereocenters. The molecular weight excluding hydrogens is 325 g/mol. The van der Waals surface area contributed by atoms with Crippen molar-refractivity contribution >= 4 is 36.4 Å². The normalized spacial score (nSPS) is 11.4. The minimum Gasteiger partial charge on any atom is -0.492 e. The van der Waals surface area contributed by atoms with Crippen molar-refractivity contribution in [2.75, 3.05) is 32.6 Å². The number of nitrogens with two attached hydrogens (primary N) is 1. The molecule has 7 heteroatoms. The number of ether oxygens (including phenoxy) is 1. The monoisotopic (exact) mass is 351 g/mol. The molecule has 1 aromatic rings. The van der Waals surface area contributed by atoms with E-state index in [1.807, 2.05) is 51.0 Å². The molecule has 0 aliphatic carbocycles. The number of carbonyl (C=O) groups is 1. The van der Waals surface area contributed by atoms with Gasteiger partial charge < -0.3 is 20.7 Å². The van der Waals surface area contributed by atoms with E-state index in [9.17, 15) is 4.79 Å². The zero-order chi connectivity index (χ0) is 15.1. The molecule has 3 N–H and O–H groups in total. The molecule has 1 rings (SSSR count). The van der Waals surface area contributed by atoms with Gasteiger partial charge in [-0.3, -0.25) is 4.79 Å². The van der Waals surface area contributed by atoms with E-state index in [1.165, 1.54) is 0 Å². The second-order valence-electron chi connectivity index (χ2n) is 5.44. The Labute approximate surface area is 145 Å². The summed E-state index contributed by atoms with van der Waals surface area (Å²) in [6, 6.07) is 6.84. The minimum absolute atomic E-state index is 0. The Balaban J connectivity index is 0. The summed E-state index contributed by atoms with van der Waals surface area (Å²) in [5, 5.41) is 2.81. The third-order valence-electron chi connectivity index (χ3n) is 2.93. The van der Waals surface area contributed by atoms with Crippen LogP contribution in [0.1, 0.15) is 13.8 Å². The molecule has 0 saturated heterocycles. The van der Waals surface area contributed by atoms with E-state index in [2.05, 4.69) is 5.32 Å². The van der Waals surface area contributed by atoms with Gasteiger partial charge in [-0.25, -0.2) is 0 Å². The molecule has 22 heavy (non-hydrogen) atoms. The number of nitrogens with one attached hydrogen (secondary N) is 1. The van der Waals surface area contributed by atoms with Gasteiger partial charge in [0.05, 0.1) is 6.04 Å². The maximum Gasteiger partial charge on any atom is 0.241 e. The van der Waals surface area contributed by atoms with Crippen molar-refractivity contribution in [2.24, 2.45) is 11.7 Å². The van der Waals surface area contributed by atoms with Gasteiger partial charge >= 0.3 is 0 Å². The van der Waals surface area contributed by atoms with E-state index in [0.717, 1.165) is 12.3 Å². The third-order valence-corrected chi connectivity index (χ3v) is 2.93. The number of carbonyl (C=O) groups excluding carboxylic acids is 1. The fourth-order valence-corrected chi connectivity index (χ4v) is 1.54. The molecule has 0 heterocycles. The molecule has 5 nitrogen and oxygen atoms in total. The second-order valence-corrected chi connectivity index (χ2v) is 5.44. The van der Waals surface area contributed by atoms with Crippen LogP contribution >= 0.6 is 24.8 Å². The first-order chi connectivity index (χ1) is 9.40. The minimum atomic E-state index is -0.506. The zero-order valence-corrected chi connectivity index (χ0v) is 15.2. The van der Waals surface area contributed by atoms with Gasteiger partial charge in [0.2, 0.25) is 5.91 Å². The summed E-state index contributed by atoms with van der Waals surface area (Å²) < 4.78 is 5.62. The van der Waals surface area contributed by atoms with Gasteiger partial charge in [0.15, 0.2) is 0 Å². The van der Waals surface area contributed by atoms with Gasteiger partial charge in [-0.15, -0.1) is 24.8 Å². The van der Waals surface area contributed by atoms with E-state index >= 15 is 0 Å². The average Bonchev–Trinajstić information content (AvgIpc) is 2.37. The highest BCUT2D eigenvalue weighted by Crippen LogP contribution is 2.17. The summed E-state index contributed by atoms with van der Waals surface area (Å²) >= 11 is 0. The highest BCUT2D eigenvalue weighted by atomic mass is 35.5. The van der Waals surface area contributed by atoms with Crippen molar-refractivity contribution in [3.63, 3.8) is 0 Å². The number of rotatable bonds is 7. The van der Waals surface area contributed by atoms with Crippen LogP contribution in [-0.2, 0) is 4.79 Å². The molecule has 1 aromatic carbocycles. The summed E-state index contributed by atoms with van der Waals surface area (Å²) in [5.74, 6) is 0.669. The van der Waals surface area contributed by atoms with Crippen molar-refractivity contribution < 1.29 is 9.53 Å². The molecule has 1 amide bonds. The van der Waals surface area contributed by atoms with E-state index in [-0.39, 0.29) is 36.6 Å². The summed E-state index contributed by atoms with van der Waals surface area (Å²) in [5.41, 5.74) is 6.51. The smallest absolute Gasteiger partial charge is 0.241 e. The van der Waals surface area contributed by atoms with Crippen LogP contribution in [0.4, 0.5) is 5.69 Å². The van der Waals surface area contributed by atoms with E-state index < -0.39 is 6.04 Å². The molecule has 128 valence electrons. The molecule has 0 bridgehead atoms. The lowest BCUT2D eigenvalue weighted by Gasteiger charge is -2.16. The van der Waals surface area contributed by atoms with Gasteiger partial charge in [-0.05, 0) is 32.1 Å². The average molecular weight is 352 g/mol. The summed E-state index contributed by atoms with van der Waals surface area (Å²) in [4.78, 5) is 13.9. The van der Waals surface area contributed by atoms with E-state index in [1.54, 1.807) is 6.07 Å². The van der Waals surface area contributed by atoms with Gasteiger partial charge in [-0.2, -0.15) is 0 Å². The van der Waals surface area contributed by atoms with Crippen LogP contribution in [0.15, 0.2) is 24.3 Å². The van der Waals surface area contributed by atoms with E-state index in [0.29, 0.717) is 12.3 Å². The number of hydrogen-bond donors (Lipinski definition) is 2. The van der Waals surface area contributed by atoms with Crippen LogP contribution in [0.3, 0.4) is 0 Å². The highest BCUT2D eigenvalue weighted by molar-refractivity contribution is 5.94. The summed E-state index contributed by atoms with van der Waals surface area (Å²) in [7, 11) is 3.99. The summed E-state index contributed by atoms with van der Waals surface area (Å²) in [6.45, 7) is 5.29. The van der Waals surface area contributed by atoms with Crippen molar-refractivity contribution in [3.8, 4) is 5.75 Å². The first-order valence-corrected chi connectivity index (χ1v) is 6.84. The second kappa shape index (κ2) is 11.5. The van der Waals surface area contributed by atoms with Gasteiger partial charge in [-0.1, -0.05) is 19.9 Å². The maximum atomic E-state index is 11.9. The molecule has 0 saturated carbocycles. The van der Waals surface area contributed by atoms with Crippen LogP contribution in [0.2, 0.25) is 0 Å². The fraction of sp³-hybridized carbons (Fsp3) is 0.533. The lowest BCUT2D eigenvalue weighted by atomic mass is 10.0. The van der Waals surface area contributed by atoms with Crippen molar-refractivity contribution in [3.05, 3.63) is 24.3 Å². The number of nitrogens with zero attached hydrogens (tertiary/aromatic N) is 1. The van der Waals surface area contributed by atoms with Gasteiger partial charge in [0, 0.05) is 18.3 Å². The molecule has 0 aliphatic rings. The van der Waals surface area contributed by atoms with Crippen molar-refractivity contribution in [1.29, 1.82) is 0 Å². The molecule has 0 unspecified atom stereocenters. The lowest BCUT2D eigenvalue weighted by molar-refractivity contribution is -0.118. The largest absolute Gasteiger partial charge is 0.492 e. The Morgan fingerprint density at radius 2 is 1.95 bits per heavy atom. The van der Waals surface area contributed by atoms with Gasteiger partial charge in [0.1, 0.15) is 12.4 Å². The number of benzene rings is 1. The van der Waals surface area contributed by atoms with Crippen LogP contribution < -0.4 is 15.8 Å². The molecule has 0 fully saturated rings. The predicted molar refractivity (Wildman–Crippen MR) is 96.4 cm³/mol. The predicted octanol–water partition coefficient (Wildman–Crippen LogP) is 2.39. The standard InChI is InChI=1S/C15H25N3O2.2ClH/c1-11(2)14(16)15(19)17-12-6-5-7-13(10-12)20-9-8-18(3)4;;/h5-7,10-11,14H,8-9,16H2,1-4H3,(H,17,19);2*1H/t14-;;/m1../s1. The summed E-state index contributed by atoms with van der Waals surface area (Å²) in [6.07, 6.45) is 0.